The number of ether oxygens (including phenoxy) is 3. The molecule has 2 rings (SSSR count). The maximum atomic E-state index is 5.77. The van der Waals surface area contributed by atoms with Crippen LogP contribution in [0.25, 0.3) is 0 Å². The van der Waals surface area contributed by atoms with Crippen molar-refractivity contribution in [3.63, 3.8) is 0 Å². The number of methoxy groups -OCH3 is 1. The molecule has 0 N–H and O–H groups in total. The lowest BCUT2D eigenvalue weighted by Crippen LogP contribution is -2.23. The maximum absolute atomic E-state index is 5.77. The molecule has 0 bridgehead atoms. The third-order valence-electron chi connectivity index (χ3n) is 3.08. The molecule has 1 heterocycles. The third-order valence-corrected chi connectivity index (χ3v) is 3.08. The van der Waals surface area contributed by atoms with E-state index in [0.29, 0.717) is 25.7 Å². The quantitative estimate of drug-likeness (QED) is 0.807. The van der Waals surface area contributed by atoms with Crippen molar-refractivity contribution in [1.82, 2.24) is 0 Å². The maximum Gasteiger partial charge on any atom is 0.119 e. The van der Waals surface area contributed by atoms with E-state index in [2.05, 4.69) is 26.0 Å². The number of hydrogen-bond acceptors (Lipinski definition) is 3. The molecule has 1 aromatic carbocycles. The molecule has 3 heteroatoms. The van der Waals surface area contributed by atoms with E-state index < -0.39 is 0 Å². The van der Waals surface area contributed by atoms with Crippen LogP contribution in [0, 0.1) is 0 Å². The fraction of sp³-hybridized carbons (Fsp3) is 0.571. The van der Waals surface area contributed by atoms with Crippen LogP contribution in [0.5, 0.6) is 5.75 Å². The minimum absolute atomic E-state index is 0.0382. The molecule has 1 aromatic rings. The van der Waals surface area contributed by atoms with E-state index in [9.17, 15) is 0 Å². The second-order valence-corrected chi connectivity index (χ2v) is 4.58. The van der Waals surface area contributed by atoms with Gasteiger partial charge in [-0.3, -0.25) is 0 Å². The molecule has 1 aliphatic rings. The fourth-order valence-electron chi connectivity index (χ4n) is 2.15. The standard InChI is InChI=1S/C14H20O3/c1-10(2)12-5-4-11(15-3)8-13(12)14-9-16-6-7-17-14/h4-5,8,10,14H,6-7,9H2,1-3H3. The highest BCUT2D eigenvalue weighted by Gasteiger charge is 2.21. The van der Waals surface area contributed by atoms with Gasteiger partial charge in [0.15, 0.2) is 0 Å². The van der Waals surface area contributed by atoms with Gasteiger partial charge in [0.2, 0.25) is 0 Å². The molecule has 1 fully saturated rings. The van der Waals surface area contributed by atoms with Gasteiger partial charge >= 0.3 is 0 Å². The monoisotopic (exact) mass is 236 g/mol. The van der Waals surface area contributed by atoms with Gasteiger partial charge in [0, 0.05) is 0 Å². The van der Waals surface area contributed by atoms with Gasteiger partial charge in [0.25, 0.3) is 0 Å². The first kappa shape index (κ1) is 12.4. The molecule has 1 atom stereocenters. The summed E-state index contributed by atoms with van der Waals surface area (Å²) >= 11 is 0. The lowest BCUT2D eigenvalue weighted by molar-refractivity contribution is -0.0905. The van der Waals surface area contributed by atoms with E-state index in [1.54, 1.807) is 7.11 Å². The predicted octanol–water partition coefficient (Wildman–Crippen LogP) is 2.91. The minimum Gasteiger partial charge on any atom is -0.497 e. The van der Waals surface area contributed by atoms with Crippen LogP contribution in [0.15, 0.2) is 18.2 Å². The highest BCUT2D eigenvalue weighted by molar-refractivity contribution is 5.39. The van der Waals surface area contributed by atoms with Crippen molar-refractivity contribution < 1.29 is 14.2 Å². The Morgan fingerprint density at radius 1 is 1.29 bits per heavy atom. The Balaban J connectivity index is 2.33. The topological polar surface area (TPSA) is 27.7 Å². The molecular weight excluding hydrogens is 216 g/mol. The van der Waals surface area contributed by atoms with Crippen LogP contribution in [-0.2, 0) is 9.47 Å². The lowest BCUT2D eigenvalue weighted by Gasteiger charge is -2.26. The van der Waals surface area contributed by atoms with Crippen LogP contribution in [0.4, 0.5) is 0 Å². The summed E-state index contributed by atoms with van der Waals surface area (Å²) in [4.78, 5) is 0. The Bertz CT molecular complexity index is 368. The van der Waals surface area contributed by atoms with Crippen LogP contribution in [0.3, 0.4) is 0 Å². The zero-order chi connectivity index (χ0) is 12.3. The molecular formula is C14H20O3. The van der Waals surface area contributed by atoms with E-state index in [4.69, 9.17) is 14.2 Å². The second kappa shape index (κ2) is 5.52. The average Bonchev–Trinajstić information content (AvgIpc) is 2.39. The van der Waals surface area contributed by atoms with E-state index in [1.165, 1.54) is 11.1 Å². The van der Waals surface area contributed by atoms with Crippen LogP contribution in [0.2, 0.25) is 0 Å². The first-order valence-electron chi connectivity index (χ1n) is 6.09. The largest absolute Gasteiger partial charge is 0.497 e. The average molecular weight is 236 g/mol. The Morgan fingerprint density at radius 2 is 2.12 bits per heavy atom. The first-order valence-corrected chi connectivity index (χ1v) is 6.09. The van der Waals surface area contributed by atoms with Crippen molar-refractivity contribution in [1.29, 1.82) is 0 Å². The van der Waals surface area contributed by atoms with E-state index in [-0.39, 0.29) is 6.10 Å². The molecule has 0 aromatic heterocycles. The SMILES string of the molecule is COc1ccc(C(C)C)c(C2COCCO2)c1. The molecule has 1 saturated heterocycles. The Kier molecular flexibility index (Phi) is 4.02. The van der Waals surface area contributed by atoms with Gasteiger partial charge in [-0.1, -0.05) is 19.9 Å². The molecule has 0 aliphatic carbocycles. The molecule has 0 amide bonds. The van der Waals surface area contributed by atoms with E-state index in [1.807, 2.05) is 6.07 Å². The summed E-state index contributed by atoms with van der Waals surface area (Å²) in [5.74, 6) is 1.35. The van der Waals surface area contributed by atoms with Crippen molar-refractivity contribution in [3.05, 3.63) is 29.3 Å². The Morgan fingerprint density at radius 3 is 2.71 bits per heavy atom. The summed E-state index contributed by atoms with van der Waals surface area (Å²) in [5, 5.41) is 0. The van der Waals surface area contributed by atoms with Gasteiger partial charge in [0.1, 0.15) is 11.9 Å². The highest BCUT2D eigenvalue weighted by atomic mass is 16.6. The zero-order valence-corrected chi connectivity index (χ0v) is 10.7. The summed E-state index contributed by atoms with van der Waals surface area (Å²) in [6.07, 6.45) is 0.0382. The second-order valence-electron chi connectivity index (χ2n) is 4.58. The number of hydrogen-bond donors (Lipinski definition) is 0. The van der Waals surface area contributed by atoms with Crippen molar-refractivity contribution in [2.24, 2.45) is 0 Å². The summed E-state index contributed by atoms with van der Waals surface area (Å²) in [6, 6.07) is 6.19. The van der Waals surface area contributed by atoms with Gasteiger partial charge in [0.05, 0.1) is 26.9 Å². The normalized spacial score (nSPS) is 20.6. The number of rotatable bonds is 3. The van der Waals surface area contributed by atoms with E-state index in [0.717, 1.165) is 5.75 Å². The van der Waals surface area contributed by atoms with Crippen LogP contribution in [0.1, 0.15) is 37.0 Å². The summed E-state index contributed by atoms with van der Waals surface area (Å²) in [7, 11) is 1.69. The third kappa shape index (κ3) is 2.79. The molecule has 1 aliphatic heterocycles. The van der Waals surface area contributed by atoms with E-state index >= 15 is 0 Å². The zero-order valence-electron chi connectivity index (χ0n) is 10.7. The molecule has 0 radical (unpaired) electrons. The highest BCUT2D eigenvalue weighted by Crippen LogP contribution is 2.31. The van der Waals surface area contributed by atoms with Gasteiger partial charge in [-0.2, -0.15) is 0 Å². The molecule has 17 heavy (non-hydrogen) atoms. The van der Waals surface area contributed by atoms with Gasteiger partial charge < -0.3 is 14.2 Å². The first-order chi connectivity index (χ1) is 8.22. The minimum atomic E-state index is 0.0382. The van der Waals surface area contributed by atoms with Gasteiger partial charge in [-0.15, -0.1) is 0 Å². The van der Waals surface area contributed by atoms with Crippen molar-refractivity contribution in [3.8, 4) is 5.75 Å². The molecule has 3 nitrogen and oxygen atoms in total. The van der Waals surface area contributed by atoms with Crippen molar-refractivity contribution >= 4 is 0 Å². The smallest absolute Gasteiger partial charge is 0.119 e. The predicted molar refractivity (Wildman–Crippen MR) is 66.6 cm³/mol. The molecule has 1 unspecified atom stereocenters. The summed E-state index contributed by atoms with van der Waals surface area (Å²) < 4.78 is 16.5. The van der Waals surface area contributed by atoms with Crippen LogP contribution >= 0.6 is 0 Å². The number of benzene rings is 1. The molecule has 0 spiro atoms. The summed E-state index contributed by atoms with van der Waals surface area (Å²) in [6.45, 7) is 6.37. The van der Waals surface area contributed by atoms with Crippen LogP contribution in [-0.4, -0.2) is 26.9 Å². The lowest BCUT2D eigenvalue weighted by atomic mass is 9.93. The van der Waals surface area contributed by atoms with Gasteiger partial charge in [-0.25, -0.2) is 0 Å². The van der Waals surface area contributed by atoms with Crippen LogP contribution < -0.4 is 4.74 Å². The van der Waals surface area contributed by atoms with Crippen molar-refractivity contribution in [2.75, 3.05) is 26.9 Å². The Hall–Kier alpha value is -1.06. The van der Waals surface area contributed by atoms with Gasteiger partial charge in [-0.05, 0) is 29.2 Å². The summed E-state index contributed by atoms with van der Waals surface area (Å²) in [5.41, 5.74) is 2.50. The molecule has 94 valence electrons. The van der Waals surface area contributed by atoms with Crippen molar-refractivity contribution in [2.45, 2.75) is 25.9 Å². The molecule has 0 saturated carbocycles. The Labute approximate surface area is 103 Å². The fourth-order valence-corrected chi connectivity index (χ4v) is 2.15.